The lowest BCUT2D eigenvalue weighted by molar-refractivity contribution is -0.384. The lowest BCUT2D eigenvalue weighted by atomic mass is 10.1. The van der Waals surface area contributed by atoms with Crippen LogP contribution in [0.3, 0.4) is 0 Å². The van der Waals surface area contributed by atoms with Crippen molar-refractivity contribution in [3.63, 3.8) is 0 Å². The summed E-state index contributed by atoms with van der Waals surface area (Å²) < 4.78 is 4.52. The van der Waals surface area contributed by atoms with E-state index in [1.54, 1.807) is 6.07 Å². The zero-order valence-electron chi connectivity index (χ0n) is 8.98. The molecule has 8 heteroatoms. The van der Waals surface area contributed by atoms with Gasteiger partial charge in [0.15, 0.2) is 10.1 Å². The van der Waals surface area contributed by atoms with Gasteiger partial charge in [0.2, 0.25) is 0 Å². The van der Waals surface area contributed by atoms with Crippen molar-refractivity contribution in [2.45, 2.75) is 4.34 Å². The van der Waals surface area contributed by atoms with E-state index in [-0.39, 0.29) is 17.2 Å². The first-order valence-electron chi connectivity index (χ1n) is 4.84. The van der Waals surface area contributed by atoms with Crippen LogP contribution in [0, 0.1) is 10.1 Å². The van der Waals surface area contributed by atoms with Crippen molar-refractivity contribution in [3.8, 4) is 0 Å². The first-order chi connectivity index (χ1) is 8.66. The Bertz CT molecular complexity index is 572. The number of thioether (sulfide) groups is 1. The van der Waals surface area contributed by atoms with Crippen molar-refractivity contribution in [2.24, 2.45) is 0 Å². The molecule has 0 saturated heterocycles. The van der Waals surface area contributed by atoms with Crippen LogP contribution in [0.1, 0.15) is 10.4 Å². The Morgan fingerprint density at radius 3 is 3.00 bits per heavy atom. The zero-order chi connectivity index (χ0) is 13.0. The maximum Gasteiger partial charge on any atom is 0.270 e. The molecule has 0 unspecified atom stereocenters. The summed E-state index contributed by atoms with van der Waals surface area (Å²) in [6.07, 6.45) is 1.42. The van der Waals surface area contributed by atoms with Crippen LogP contribution in [0.25, 0.3) is 0 Å². The van der Waals surface area contributed by atoms with Crippen LogP contribution in [0.4, 0.5) is 5.69 Å². The number of nitro benzene ring substituents is 1. The van der Waals surface area contributed by atoms with Crippen molar-refractivity contribution in [1.82, 2.24) is 9.36 Å². The number of carbonyl (C=O) groups excluding carboxylic acids is 1. The van der Waals surface area contributed by atoms with E-state index in [9.17, 15) is 14.9 Å². The highest BCUT2D eigenvalue weighted by Crippen LogP contribution is 2.21. The molecule has 0 fully saturated rings. The van der Waals surface area contributed by atoms with Gasteiger partial charge in [-0.1, -0.05) is 23.9 Å². The SMILES string of the molecule is O=C(CSc1ncns1)c1cccc([N+](=O)[O-])c1. The summed E-state index contributed by atoms with van der Waals surface area (Å²) in [6, 6.07) is 5.70. The van der Waals surface area contributed by atoms with Gasteiger partial charge in [-0.15, -0.1) is 0 Å². The second-order valence-corrected chi connectivity index (χ2v) is 5.23. The average molecular weight is 281 g/mol. The number of carbonyl (C=O) groups is 1. The molecule has 0 N–H and O–H groups in total. The zero-order valence-corrected chi connectivity index (χ0v) is 10.6. The molecule has 0 radical (unpaired) electrons. The molecule has 0 saturated carbocycles. The molecule has 2 aromatic rings. The Hall–Kier alpha value is -1.80. The van der Waals surface area contributed by atoms with Gasteiger partial charge in [0, 0.05) is 17.7 Å². The minimum absolute atomic E-state index is 0.0817. The third-order valence-corrected chi connectivity index (χ3v) is 3.84. The van der Waals surface area contributed by atoms with Crippen LogP contribution >= 0.6 is 23.3 Å². The van der Waals surface area contributed by atoms with E-state index in [0.29, 0.717) is 9.90 Å². The van der Waals surface area contributed by atoms with Crippen LogP contribution in [-0.4, -0.2) is 25.8 Å². The highest BCUT2D eigenvalue weighted by atomic mass is 32.2. The summed E-state index contributed by atoms with van der Waals surface area (Å²) in [5, 5.41) is 10.6. The second kappa shape index (κ2) is 5.69. The van der Waals surface area contributed by atoms with Gasteiger partial charge in [-0.25, -0.2) is 4.98 Å². The summed E-state index contributed by atoms with van der Waals surface area (Å²) >= 11 is 2.48. The van der Waals surface area contributed by atoms with Crippen LogP contribution in [-0.2, 0) is 0 Å². The lowest BCUT2D eigenvalue weighted by Crippen LogP contribution is -2.02. The first kappa shape index (κ1) is 12.7. The molecule has 18 heavy (non-hydrogen) atoms. The van der Waals surface area contributed by atoms with Crippen LogP contribution < -0.4 is 0 Å². The highest BCUT2D eigenvalue weighted by Gasteiger charge is 2.12. The van der Waals surface area contributed by atoms with E-state index >= 15 is 0 Å². The molecule has 0 aliphatic heterocycles. The molecule has 1 aromatic heterocycles. The molecule has 1 aromatic carbocycles. The van der Waals surface area contributed by atoms with Crippen molar-refractivity contribution in [1.29, 1.82) is 0 Å². The molecule has 0 atom stereocenters. The molecule has 0 bridgehead atoms. The van der Waals surface area contributed by atoms with E-state index in [2.05, 4.69) is 9.36 Å². The average Bonchev–Trinajstić information content (AvgIpc) is 2.89. The molecule has 92 valence electrons. The number of aromatic nitrogens is 2. The molecule has 0 aliphatic carbocycles. The second-order valence-electron chi connectivity index (χ2n) is 3.23. The van der Waals surface area contributed by atoms with E-state index in [0.717, 1.165) is 0 Å². The Morgan fingerprint density at radius 1 is 1.50 bits per heavy atom. The van der Waals surface area contributed by atoms with Crippen molar-refractivity contribution < 1.29 is 9.72 Å². The summed E-state index contributed by atoms with van der Waals surface area (Å²) in [6.45, 7) is 0. The fourth-order valence-corrected chi connectivity index (χ4v) is 2.57. The maximum absolute atomic E-state index is 11.8. The Balaban J connectivity index is 2.04. The van der Waals surface area contributed by atoms with Gasteiger partial charge in [0.25, 0.3) is 5.69 Å². The van der Waals surface area contributed by atoms with Gasteiger partial charge in [-0.05, 0) is 11.5 Å². The number of hydrogen-bond acceptors (Lipinski definition) is 7. The molecule has 2 rings (SSSR count). The number of nitro groups is 1. The van der Waals surface area contributed by atoms with Crippen molar-refractivity contribution >= 4 is 34.8 Å². The predicted molar refractivity (Wildman–Crippen MR) is 68.1 cm³/mol. The largest absolute Gasteiger partial charge is 0.293 e. The number of Topliss-reactive ketones (excluding diaryl/α,β-unsaturated/α-hetero) is 1. The number of nitrogens with zero attached hydrogens (tertiary/aromatic N) is 3. The molecular formula is C10H7N3O3S2. The molecule has 0 spiro atoms. The molecular weight excluding hydrogens is 274 g/mol. The van der Waals surface area contributed by atoms with Gasteiger partial charge >= 0.3 is 0 Å². The van der Waals surface area contributed by atoms with Crippen LogP contribution in [0.15, 0.2) is 34.9 Å². The smallest absolute Gasteiger partial charge is 0.270 e. The Morgan fingerprint density at radius 2 is 2.33 bits per heavy atom. The van der Waals surface area contributed by atoms with E-state index in [1.807, 2.05) is 0 Å². The molecule has 0 amide bonds. The van der Waals surface area contributed by atoms with Crippen LogP contribution in [0.2, 0.25) is 0 Å². The predicted octanol–water partition coefficient (Wildman–Crippen LogP) is 2.42. The number of hydrogen-bond donors (Lipinski definition) is 0. The number of rotatable bonds is 5. The molecule has 0 aliphatic rings. The summed E-state index contributed by atoms with van der Waals surface area (Å²) in [5.74, 6) is 0.0231. The minimum Gasteiger partial charge on any atom is -0.293 e. The standard InChI is InChI=1S/C10H7N3O3S2/c14-9(5-17-10-11-6-12-18-10)7-2-1-3-8(4-7)13(15)16/h1-4,6H,5H2. The van der Waals surface area contributed by atoms with Gasteiger partial charge in [0.05, 0.1) is 10.7 Å². The fourth-order valence-electron chi connectivity index (χ4n) is 1.23. The third kappa shape index (κ3) is 3.11. The molecule has 1 heterocycles. The van der Waals surface area contributed by atoms with Crippen molar-refractivity contribution in [3.05, 3.63) is 46.3 Å². The summed E-state index contributed by atoms with van der Waals surface area (Å²) in [4.78, 5) is 25.8. The van der Waals surface area contributed by atoms with E-state index in [4.69, 9.17) is 0 Å². The minimum atomic E-state index is -0.519. The fraction of sp³-hybridized carbons (Fsp3) is 0.100. The topological polar surface area (TPSA) is 86.0 Å². The lowest BCUT2D eigenvalue weighted by Gasteiger charge is -1.99. The highest BCUT2D eigenvalue weighted by molar-refractivity contribution is 8.01. The van der Waals surface area contributed by atoms with Crippen LogP contribution in [0.5, 0.6) is 0 Å². The quantitative estimate of drug-likeness (QED) is 0.362. The van der Waals surface area contributed by atoms with Gasteiger partial charge in [0.1, 0.15) is 6.33 Å². The number of non-ortho nitro benzene ring substituents is 1. The van der Waals surface area contributed by atoms with Gasteiger partial charge < -0.3 is 0 Å². The van der Waals surface area contributed by atoms with Gasteiger partial charge in [-0.3, -0.25) is 14.9 Å². The van der Waals surface area contributed by atoms with Crippen molar-refractivity contribution in [2.75, 3.05) is 5.75 Å². The maximum atomic E-state index is 11.8. The Labute approximate surface area is 110 Å². The summed E-state index contributed by atoms with van der Waals surface area (Å²) in [5.41, 5.74) is 0.253. The first-order valence-corrected chi connectivity index (χ1v) is 6.60. The number of ketones is 1. The third-order valence-electron chi connectivity index (χ3n) is 2.05. The van der Waals surface area contributed by atoms with E-state index < -0.39 is 4.92 Å². The van der Waals surface area contributed by atoms with E-state index in [1.165, 1.54) is 47.8 Å². The molecule has 6 nitrogen and oxygen atoms in total. The summed E-state index contributed by atoms with van der Waals surface area (Å²) in [7, 11) is 0. The normalized spacial score (nSPS) is 10.2. The number of benzene rings is 1. The van der Waals surface area contributed by atoms with Gasteiger partial charge in [-0.2, -0.15) is 4.37 Å². The Kier molecular flexibility index (Phi) is 4.00. The monoisotopic (exact) mass is 281 g/mol.